The van der Waals surface area contributed by atoms with Crippen molar-refractivity contribution in [1.82, 2.24) is 4.90 Å². The summed E-state index contributed by atoms with van der Waals surface area (Å²) in [5, 5.41) is -0.493. The van der Waals surface area contributed by atoms with Crippen molar-refractivity contribution in [3.63, 3.8) is 0 Å². The van der Waals surface area contributed by atoms with Gasteiger partial charge in [0, 0.05) is 5.56 Å². The number of thioether (sulfide) groups is 1. The molecule has 0 aliphatic carbocycles. The lowest BCUT2D eigenvalue weighted by atomic mass is 10.2. The topological polar surface area (TPSA) is 72.9 Å². The van der Waals surface area contributed by atoms with Gasteiger partial charge in [-0.3, -0.25) is 14.5 Å². The van der Waals surface area contributed by atoms with E-state index in [2.05, 4.69) is 4.74 Å². The number of para-hydroxylation sites is 1. The van der Waals surface area contributed by atoms with Crippen molar-refractivity contribution in [2.45, 2.75) is 19.9 Å². The van der Waals surface area contributed by atoms with Crippen LogP contribution in [0.5, 0.6) is 5.75 Å². The molecule has 0 bridgehead atoms. The Morgan fingerprint density at radius 1 is 1.35 bits per heavy atom. The third kappa shape index (κ3) is 3.56. The van der Waals surface area contributed by atoms with Gasteiger partial charge in [-0.05, 0) is 37.8 Å². The Labute approximate surface area is 138 Å². The predicted octanol–water partition coefficient (Wildman–Crippen LogP) is 2.68. The fourth-order valence-electron chi connectivity index (χ4n) is 2.12. The van der Waals surface area contributed by atoms with Gasteiger partial charge in [0.2, 0.25) is 0 Å². The maximum atomic E-state index is 12.4. The van der Waals surface area contributed by atoms with Crippen molar-refractivity contribution in [3.8, 4) is 5.75 Å². The average Bonchev–Trinajstić information content (AvgIpc) is 2.82. The molecule has 1 aliphatic rings. The van der Waals surface area contributed by atoms with Gasteiger partial charge in [-0.25, -0.2) is 4.79 Å². The number of methoxy groups -OCH3 is 1. The number of amides is 2. The number of nitrogens with zero attached hydrogens (tertiary/aromatic N) is 1. The largest absolute Gasteiger partial charge is 0.493 e. The van der Waals surface area contributed by atoms with Crippen LogP contribution >= 0.6 is 11.8 Å². The first kappa shape index (κ1) is 17.1. The van der Waals surface area contributed by atoms with Crippen molar-refractivity contribution in [2.75, 3.05) is 13.7 Å². The highest BCUT2D eigenvalue weighted by atomic mass is 32.2. The Hall–Kier alpha value is -2.28. The van der Waals surface area contributed by atoms with Crippen molar-refractivity contribution < 1.29 is 23.9 Å². The van der Waals surface area contributed by atoms with Crippen LogP contribution < -0.4 is 4.74 Å². The second-order valence-corrected chi connectivity index (χ2v) is 5.71. The predicted molar refractivity (Wildman–Crippen MR) is 86.9 cm³/mol. The number of esters is 1. The normalized spacial score (nSPS) is 17.5. The zero-order chi connectivity index (χ0) is 17.0. The van der Waals surface area contributed by atoms with E-state index in [9.17, 15) is 14.4 Å². The second kappa shape index (κ2) is 7.32. The lowest BCUT2D eigenvalue weighted by molar-refractivity contribution is -0.148. The molecule has 0 aromatic heterocycles. The molecule has 2 rings (SSSR count). The molecule has 0 N–H and O–H groups in total. The van der Waals surface area contributed by atoms with Crippen LogP contribution in [0.3, 0.4) is 0 Å². The summed E-state index contributed by atoms with van der Waals surface area (Å²) in [5.74, 6) is -0.518. The maximum Gasteiger partial charge on any atom is 0.328 e. The fourth-order valence-corrected chi connectivity index (χ4v) is 3.02. The van der Waals surface area contributed by atoms with E-state index in [4.69, 9.17) is 4.74 Å². The average molecular weight is 335 g/mol. The Morgan fingerprint density at radius 3 is 2.70 bits per heavy atom. The molecule has 1 aromatic carbocycles. The molecule has 23 heavy (non-hydrogen) atoms. The summed E-state index contributed by atoms with van der Waals surface area (Å²) >= 11 is 0.795. The van der Waals surface area contributed by atoms with Crippen molar-refractivity contribution in [2.24, 2.45) is 0 Å². The molecule has 122 valence electrons. The summed E-state index contributed by atoms with van der Waals surface area (Å²) < 4.78 is 10.1. The van der Waals surface area contributed by atoms with E-state index in [0.717, 1.165) is 16.7 Å². The lowest BCUT2D eigenvalue weighted by Crippen LogP contribution is -2.42. The van der Waals surface area contributed by atoms with Gasteiger partial charge in [-0.1, -0.05) is 18.2 Å². The first-order chi connectivity index (χ1) is 11.0. The molecule has 0 unspecified atom stereocenters. The smallest absolute Gasteiger partial charge is 0.328 e. The highest BCUT2D eigenvalue weighted by molar-refractivity contribution is 8.18. The minimum atomic E-state index is -0.958. The second-order valence-electron chi connectivity index (χ2n) is 4.72. The summed E-state index contributed by atoms with van der Waals surface area (Å²) in [6, 6.07) is 6.27. The van der Waals surface area contributed by atoms with Crippen LogP contribution in [0.2, 0.25) is 0 Å². The minimum Gasteiger partial charge on any atom is -0.493 e. The van der Waals surface area contributed by atoms with Crippen LogP contribution in [-0.2, 0) is 14.3 Å². The highest BCUT2D eigenvalue weighted by Gasteiger charge is 2.41. The first-order valence-electron chi connectivity index (χ1n) is 7.06. The molecule has 0 spiro atoms. The third-order valence-corrected chi connectivity index (χ3v) is 4.14. The molecule has 1 aliphatic heterocycles. The zero-order valence-electron chi connectivity index (χ0n) is 13.1. The van der Waals surface area contributed by atoms with E-state index in [1.807, 2.05) is 19.1 Å². The Bertz CT molecular complexity index is 670. The van der Waals surface area contributed by atoms with Crippen LogP contribution in [0, 0.1) is 0 Å². The van der Waals surface area contributed by atoms with E-state index in [1.165, 1.54) is 14.0 Å². The van der Waals surface area contributed by atoms with Crippen LogP contribution in [0.15, 0.2) is 29.2 Å². The van der Waals surface area contributed by atoms with Crippen LogP contribution in [0.1, 0.15) is 19.4 Å². The van der Waals surface area contributed by atoms with Gasteiger partial charge in [0.05, 0.1) is 18.6 Å². The van der Waals surface area contributed by atoms with Crippen molar-refractivity contribution >= 4 is 35.0 Å². The van der Waals surface area contributed by atoms with E-state index in [-0.39, 0.29) is 4.91 Å². The molecule has 1 fully saturated rings. The molecule has 1 atom stereocenters. The van der Waals surface area contributed by atoms with Crippen molar-refractivity contribution in [3.05, 3.63) is 34.7 Å². The molecule has 1 heterocycles. The highest BCUT2D eigenvalue weighted by Crippen LogP contribution is 2.35. The molecule has 6 nitrogen and oxygen atoms in total. The van der Waals surface area contributed by atoms with E-state index >= 15 is 0 Å². The Kier molecular flexibility index (Phi) is 5.44. The number of rotatable bonds is 5. The van der Waals surface area contributed by atoms with Gasteiger partial charge >= 0.3 is 5.97 Å². The van der Waals surface area contributed by atoms with Crippen LogP contribution in [0.25, 0.3) is 6.08 Å². The van der Waals surface area contributed by atoms with E-state index in [0.29, 0.717) is 17.9 Å². The quantitative estimate of drug-likeness (QED) is 0.608. The minimum absolute atomic E-state index is 0.248. The van der Waals surface area contributed by atoms with E-state index < -0.39 is 23.2 Å². The van der Waals surface area contributed by atoms with Gasteiger partial charge in [-0.2, -0.15) is 0 Å². The third-order valence-electron chi connectivity index (χ3n) is 3.26. The van der Waals surface area contributed by atoms with Crippen LogP contribution in [-0.4, -0.2) is 41.8 Å². The number of hydrogen-bond acceptors (Lipinski definition) is 6. The first-order valence-corrected chi connectivity index (χ1v) is 7.88. The summed E-state index contributed by atoms with van der Waals surface area (Å²) in [6.45, 7) is 3.81. The Morgan fingerprint density at radius 2 is 2.04 bits per heavy atom. The number of imide groups is 1. The van der Waals surface area contributed by atoms with Gasteiger partial charge in [-0.15, -0.1) is 0 Å². The fraction of sp³-hybridized carbons (Fsp3) is 0.312. The number of carbonyl (C=O) groups excluding carboxylic acids is 3. The van der Waals surface area contributed by atoms with Gasteiger partial charge in [0.1, 0.15) is 11.8 Å². The number of ether oxygens (including phenoxy) is 2. The molecule has 7 heteroatoms. The van der Waals surface area contributed by atoms with Gasteiger partial charge < -0.3 is 9.47 Å². The molecule has 2 amide bonds. The van der Waals surface area contributed by atoms with E-state index in [1.54, 1.807) is 18.2 Å². The van der Waals surface area contributed by atoms with Crippen molar-refractivity contribution in [1.29, 1.82) is 0 Å². The van der Waals surface area contributed by atoms with Gasteiger partial charge in [0.25, 0.3) is 11.1 Å². The lowest BCUT2D eigenvalue weighted by Gasteiger charge is -2.18. The summed E-state index contributed by atoms with van der Waals surface area (Å²) in [5.41, 5.74) is 0.700. The summed E-state index contributed by atoms with van der Waals surface area (Å²) in [6.07, 6.45) is 1.60. The monoisotopic (exact) mass is 335 g/mol. The molecule has 0 radical (unpaired) electrons. The molecular weight excluding hydrogens is 318 g/mol. The van der Waals surface area contributed by atoms with Crippen LogP contribution in [0.4, 0.5) is 4.79 Å². The number of carbonyl (C=O) groups is 3. The Balaban J connectivity index is 2.31. The number of hydrogen-bond donors (Lipinski definition) is 0. The zero-order valence-corrected chi connectivity index (χ0v) is 13.9. The summed E-state index contributed by atoms with van der Waals surface area (Å²) in [7, 11) is 1.21. The molecule has 1 aromatic rings. The van der Waals surface area contributed by atoms with Gasteiger partial charge in [0.15, 0.2) is 0 Å². The molecular formula is C16H17NO5S. The SMILES string of the molecule is CCOc1ccccc1/C=C1/SC(=O)N([C@H](C)C(=O)OC)C1=O. The number of benzene rings is 1. The maximum absolute atomic E-state index is 12.4. The molecule has 1 saturated heterocycles. The summed E-state index contributed by atoms with van der Waals surface area (Å²) in [4.78, 5) is 37.2. The standard InChI is InChI=1S/C16H17NO5S/c1-4-22-12-8-6-5-7-11(12)9-13-14(18)17(16(20)23-13)10(2)15(19)21-3/h5-10H,4H2,1-3H3/b13-9+/t10-/m1/s1. The molecule has 0 saturated carbocycles.